The Morgan fingerprint density at radius 3 is 2.62 bits per heavy atom. The molecule has 21 heavy (non-hydrogen) atoms. The lowest BCUT2D eigenvalue weighted by atomic mass is 9.75. The van der Waals surface area contributed by atoms with Crippen LogP contribution >= 0.6 is 0 Å². The Hall–Kier alpha value is -1.83. The first-order valence-corrected chi connectivity index (χ1v) is 7.07. The van der Waals surface area contributed by atoms with Crippen LogP contribution in [0, 0.1) is 0 Å². The molecule has 2 fully saturated rings. The SMILES string of the molecule is CN(C)C1(CNC(=O)N2CC(=O)NCC2C(=O)O)CCC1. The van der Waals surface area contributed by atoms with Gasteiger partial charge in [0.05, 0.1) is 0 Å². The van der Waals surface area contributed by atoms with E-state index in [0.29, 0.717) is 6.54 Å². The summed E-state index contributed by atoms with van der Waals surface area (Å²) in [6, 6.07) is -1.51. The standard InChI is InChI=1S/C13H22N4O4/c1-16(2)13(4-3-5-13)8-15-12(21)17-7-10(18)14-6-9(17)11(19)20/h9H,3-8H2,1-2H3,(H,14,18)(H,15,21)(H,19,20). The van der Waals surface area contributed by atoms with E-state index in [2.05, 4.69) is 15.5 Å². The molecule has 1 saturated carbocycles. The van der Waals surface area contributed by atoms with Gasteiger partial charge in [-0.2, -0.15) is 0 Å². The number of hydrogen-bond acceptors (Lipinski definition) is 4. The van der Waals surface area contributed by atoms with Crippen LogP contribution in [0.3, 0.4) is 0 Å². The Balaban J connectivity index is 1.97. The summed E-state index contributed by atoms with van der Waals surface area (Å²) in [6.45, 7) is 0.182. The molecule has 8 nitrogen and oxygen atoms in total. The van der Waals surface area contributed by atoms with E-state index in [1.54, 1.807) is 0 Å². The molecule has 118 valence electrons. The van der Waals surface area contributed by atoms with E-state index in [1.165, 1.54) is 0 Å². The summed E-state index contributed by atoms with van der Waals surface area (Å²) in [5, 5.41) is 14.4. The van der Waals surface area contributed by atoms with Gasteiger partial charge in [0.25, 0.3) is 0 Å². The summed E-state index contributed by atoms with van der Waals surface area (Å²) in [5.74, 6) is -1.45. The molecule has 0 radical (unpaired) electrons. The van der Waals surface area contributed by atoms with E-state index >= 15 is 0 Å². The maximum Gasteiger partial charge on any atom is 0.328 e. The Morgan fingerprint density at radius 2 is 2.14 bits per heavy atom. The maximum absolute atomic E-state index is 12.2. The summed E-state index contributed by atoms with van der Waals surface area (Å²) >= 11 is 0. The van der Waals surface area contributed by atoms with Crippen molar-refractivity contribution in [2.45, 2.75) is 30.8 Å². The lowest BCUT2D eigenvalue weighted by Gasteiger charge is -2.47. The molecule has 0 aromatic rings. The van der Waals surface area contributed by atoms with Crippen molar-refractivity contribution in [1.82, 2.24) is 20.4 Å². The highest BCUT2D eigenvalue weighted by Crippen LogP contribution is 2.35. The fourth-order valence-corrected chi connectivity index (χ4v) is 2.78. The van der Waals surface area contributed by atoms with Gasteiger partial charge in [0.1, 0.15) is 12.6 Å². The quantitative estimate of drug-likeness (QED) is 0.622. The van der Waals surface area contributed by atoms with E-state index in [1.807, 2.05) is 14.1 Å². The zero-order valence-corrected chi connectivity index (χ0v) is 12.4. The molecule has 1 aliphatic heterocycles. The molecule has 1 saturated heterocycles. The van der Waals surface area contributed by atoms with Crippen LogP contribution in [-0.2, 0) is 9.59 Å². The van der Waals surface area contributed by atoms with Gasteiger partial charge in [0, 0.05) is 18.6 Å². The third-order valence-electron chi connectivity index (χ3n) is 4.53. The molecule has 2 rings (SSSR count). The van der Waals surface area contributed by atoms with Crippen LogP contribution in [0.2, 0.25) is 0 Å². The fourth-order valence-electron chi connectivity index (χ4n) is 2.78. The number of carbonyl (C=O) groups is 3. The second-order valence-corrected chi connectivity index (χ2v) is 5.92. The number of carboxylic acids is 1. The predicted octanol–water partition coefficient (Wildman–Crippen LogP) is -0.935. The van der Waals surface area contributed by atoms with E-state index < -0.39 is 18.0 Å². The topological polar surface area (TPSA) is 102 Å². The van der Waals surface area contributed by atoms with Crippen molar-refractivity contribution in [3.63, 3.8) is 0 Å². The molecule has 1 unspecified atom stereocenters. The van der Waals surface area contributed by atoms with Gasteiger partial charge in [-0.05, 0) is 33.4 Å². The van der Waals surface area contributed by atoms with Gasteiger partial charge in [-0.15, -0.1) is 0 Å². The summed E-state index contributed by atoms with van der Waals surface area (Å²) in [5.41, 5.74) is -0.0492. The molecular formula is C13H22N4O4. The van der Waals surface area contributed by atoms with Crippen LogP contribution in [0.5, 0.6) is 0 Å². The first kappa shape index (κ1) is 15.6. The van der Waals surface area contributed by atoms with Gasteiger partial charge in [0.2, 0.25) is 5.91 Å². The molecule has 2 aliphatic rings. The van der Waals surface area contributed by atoms with Crippen LogP contribution in [0.25, 0.3) is 0 Å². The van der Waals surface area contributed by atoms with Gasteiger partial charge >= 0.3 is 12.0 Å². The number of carbonyl (C=O) groups excluding carboxylic acids is 2. The van der Waals surface area contributed by atoms with Gasteiger partial charge in [0.15, 0.2) is 0 Å². The second kappa shape index (κ2) is 5.88. The average Bonchev–Trinajstić information content (AvgIpc) is 2.36. The van der Waals surface area contributed by atoms with Crippen molar-refractivity contribution in [1.29, 1.82) is 0 Å². The van der Waals surface area contributed by atoms with E-state index in [0.717, 1.165) is 24.2 Å². The molecule has 0 spiro atoms. The monoisotopic (exact) mass is 298 g/mol. The highest BCUT2D eigenvalue weighted by molar-refractivity contribution is 5.90. The van der Waals surface area contributed by atoms with Crippen molar-refractivity contribution >= 4 is 17.9 Å². The van der Waals surface area contributed by atoms with Gasteiger partial charge in [-0.25, -0.2) is 9.59 Å². The summed E-state index contributed by atoms with van der Waals surface area (Å²) in [6.07, 6.45) is 3.13. The van der Waals surface area contributed by atoms with E-state index in [4.69, 9.17) is 5.11 Å². The zero-order valence-electron chi connectivity index (χ0n) is 12.4. The minimum Gasteiger partial charge on any atom is -0.480 e. The summed E-state index contributed by atoms with van der Waals surface area (Å²) in [7, 11) is 3.94. The molecule has 1 atom stereocenters. The normalized spacial score (nSPS) is 24.2. The number of piperazine rings is 1. The predicted molar refractivity (Wildman–Crippen MR) is 74.8 cm³/mol. The molecule has 0 aromatic heterocycles. The lowest BCUT2D eigenvalue weighted by Crippen LogP contribution is -2.64. The minimum absolute atomic E-state index is 0.0492. The Morgan fingerprint density at radius 1 is 1.48 bits per heavy atom. The van der Waals surface area contributed by atoms with Crippen molar-refractivity contribution in [3.8, 4) is 0 Å². The fraction of sp³-hybridized carbons (Fsp3) is 0.769. The molecule has 0 bridgehead atoms. The molecule has 1 heterocycles. The first-order chi connectivity index (χ1) is 9.85. The lowest BCUT2D eigenvalue weighted by molar-refractivity contribution is -0.144. The molecule has 3 amide bonds. The van der Waals surface area contributed by atoms with Crippen LogP contribution in [-0.4, -0.2) is 78.1 Å². The van der Waals surface area contributed by atoms with Gasteiger partial charge in [-0.3, -0.25) is 9.69 Å². The van der Waals surface area contributed by atoms with Crippen LogP contribution in [0.4, 0.5) is 4.79 Å². The number of hydrogen-bond donors (Lipinski definition) is 3. The number of nitrogens with zero attached hydrogens (tertiary/aromatic N) is 2. The van der Waals surface area contributed by atoms with Crippen LogP contribution in [0.1, 0.15) is 19.3 Å². The van der Waals surface area contributed by atoms with E-state index in [9.17, 15) is 14.4 Å². The number of aliphatic carboxylic acids is 1. The summed E-state index contributed by atoms with van der Waals surface area (Å²) < 4.78 is 0. The molecule has 8 heteroatoms. The van der Waals surface area contributed by atoms with Crippen molar-refractivity contribution < 1.29 is 19.5 Å². The first-order valence-electron chi connectivity index (χ1n) is 7.07. The Bertz CT molecular complexity index is 447. The number of amides is 3. The smallest absolute Gasteiger partial charge is 0.328 e. The van der Waals surface area contributed by atoms with Gasteiger partial charge in [-0.1, -0.05) is 0 Å². The largest absolute Gasteiger partial charge is 0.480 e. The number of carboxylic acid groups (broad SMARTS) is 1. The van der Waals surface area contributed by atoms with Crippen molar-refractivity contribution in [3.05, 3.63) is 0 Å². The number of likely N-dealkylation sites (N-methyl/N-ethyl adjacent to an activating group) is 1. The third kappa shape index (κ3) is 3.10. The van der Waals surface area contributed by atoms with Crippen LogP contribution in [0.15, 0.2) is 0 Å². The van der Waals surface area contributed by atoms with Crippen molar-refractivity contribution in [2.75, 3.05) is 33.7 Å². The number of nitrogens with one attached hydrogen (secondary N) is 2. The third-order valence-corrected chi connectivity index (χ3v) is 4.53. The van der Waals surface area contributed by atoms with Crippen molar-refractivity contribution in [2.24, 2.45) is 0 Å². The molecule has 3 N–H and O–H groups in total. The Labute approximate surface area is 123 Å². The van der Waals surface area contributed by atoms with E-state index in [-0.39, 0.29) is 24.5 Å². The maximum atomic E-state index is 12.2. The molecule has 1 aliphatic carbocycles. The minimum atomic E-state index is -1.11. The Kier molecular flexibility index (Phi) is 4.36. The zero-order chi connectivity index (χ0) is 15.6. The highest BCUT2D eigenvalue weighted by atomic mass is 16.4. The average molecular weight is 298 g/mol. The highest BCUT2D eigenvalue weighted by Gasteiger charge is 2.41. The van der Waals surface area contributed by atoms with Crippen LogP contribution < -0.4 is 10.6 Å². The number of urea groups is 1. The molecule has 0 aromatic carbocycles. The number of rotatable bonds is 4. The van der Waals surface area contributed by atoms with Gasteiger partial charge < -0.3 is 20.6 Å². The molecular weight excluding hydrogens is 276 g/mol. The second-order valence-electron chi connectivity index (χ2n) is 5.92. The summed E-state index contributed by atoms with van der Waals surface area (Å²) in [4.78, 5) is 38.0.